The second-order valence-corrected chi connectivity index (χ2v) is 4.65. The van der Waals surface area contributed by atoms with Crippen LogP contribution in [-0.2, 0) is 4.79 Å². The van der Waals surface area contributed by atoms with Gasteiger partial charge in [-0.25, -0.2) is 0 Å². The number of fused-ring (bicyclic) bond motifs is 1. The van der Waals surface area contributed by atoms with Gasteiger partial charge in [0, 0.05) is 36.9 Å². The van der Waals surface area contributed by atoms with E-state index >= 15 is 0 Å². The van der Waals surface area contributed by atoms with Gasteiger partial charge in [0.2, 0.25) is 5.91 Å². The summed E-state index contributed by atoms with van der Waals surface area (Å²) in [7, 11) is 1.63. The van der Waals surface area contributed by atoms with Crippen molar-refractivity contribution in [3.05, 3.63) is 29.0 Å². The Hall–Kier alpha value is -1.69. The minimum Gasteiger partial charge on any atom is -0.383 e. The maximum atomic E-state index is 11.1. The molecule has 2 aromatic heterocycles. The van der Waals surface area contributed by atoms with Crippen LogP contribution in [0.5, 0.6) is 0 Å². The highest BCUT2D eigenvalue weighted by atomic mass is 79.9. The van der Waals surface area contributed by atoms with Crippen LogP contribution >= 0.6 is 15.9 Å². The lowest BCUT2D eigenvalue weighted by molar-refractivity contribution is -0.120. The fourth-order valence-corrected chi connectivity index (χ4v) is 1.90. The summed E-state index contributed by atoms with van der Waals surface area (Å²) in [5, 5.41) is 5.78. The molecule has 0 aliphatic heterocycles. The maximum absolute atomic E-state index is 11.1. The van der Waals surface area contributed by atoms with Crippen molar-refractivity contribution in [2.75, 3.05) is 18.9 Å². The van der Waals surface area contributed by atoms with Gasteiger partial charge in [0.15, 0.2) is 0 Å². The molecule has 18 heavy (non-hydrogen) atoms. The Labute approximate surface area is 113 Å². The lowest BCUT2D eigenvalue weighted by Crippen LogP contribution is -2.20. The van der Waals surface area contributed by atoms with Gasteiger partial charge in [-0.1, -0.05) is 0 Å². The molecule has 0 aliphatic rings. The summed E-state index contributed by atoms with van der Waals surface area (Å²) in [4.78, 5) is 19.7. The molecule has 2 heterocycles. The summed E-state index contributed by atoms with van der Waals surface area (Å²) in [6.07, 6.45) is 3.88. The van der Waals surface area contributed by atoms with Gasteiger partial charge in [-0.3, -0.25) is 14.8 Å². The Morgan fingerprint density at radius 3 is 3.06 bits per heavy atom. The number of carbonyl (C=O) groups excluding carboxylic acids is 1. The average Bonchev–Trinajstić information content (AvgIpc) is 2.38. The quantitative estimate of drug-likeness (QED) is 0.906. The molecule has 2 aromatic rings. The summed E-state index contributed by atoms with van der Waals surface area (Å²) >= 11 is 3.36. The molecule has 2 rings (SSSR count). The first-order valence-corrected chi connectivity index (χ1v) is 6.34. The molecule has 0 bridgehead atoms. The smallest absolute Gasteiger partial charge is 0.221 e. The molecule has 0 radical (unpaired) electrons. The van der Waals surface area contributed by atoms with Crippen molar-refractivity contribution in [3.63, 3.8) is 0 Å². The average molecular weight is 309 g/mol. The van der Waals surface area contributed by atoms with Crippen LogP contribution in [0.15, 0.2) is 29.0 Å². The highest BCUT2D eigenvalue weighted by Crippen LogP contribution is 2.21. The van der Waals surface area contributed by atoms with Crippen LogP contribution in [0, 0.1) is 0 Å². The summed E-state index contributed by atoms with van der Waals surface area (Å²) in [6, 6.07) is 3.76. The Morgan fingerprint density at radius 1 is 1.44 bits per heavy atom. The maximum Gasteiger partial charge on any atom is 0.221 e. The molecule has 2 N–H and O–H groups in total. The van der Waals surface area contributed by atoms with E-state index in [9.17, 15) is 4.79 Å². The van der Waals surface area contributed by atoms with E-state index in [1.807, 2.05) is 12.1 Å². The van der Waals surface area contributed by atoms with E-state index in [4.69, 9.17) is 0 Å². The van der Waals surface area contributed by atoms with Crippen LogP contribution in [-0.4, -0.2) is 29.5 Å². The van der Waals surface area contributed by atoms with E-state index < -0.39 is 0 Å². The third kappa shape index (κ3) is 2.95. The van der Waals surface area contributed by atoms with E-state index in [1.165, 1.54) is 0 Å². The topological polar surface area (TPSA) is 66.9 Å². The zero-order chi connectivity index (χ0) is 13.0. The van der Waals surface area contributed by atoms with Crippen molar-refractivity contribution in [3.8, 4) is 0 Å². The molecule has 0 saturated heterocycles. The van der Waals surface area contributed by atoms with Gasteiger partial charge in [-0.05, 0) is 28.1 Å². The van der Waals surface area contributed by atoms with Crippen molar-refractivity contribution in [1.29, 1.82) is 0 Å². The number of halogens is 1. The highest BCUT2D eigenvalue weighted by molar-refractivity contribution is 9.10. The molecule has 5 nitrogen and oxygen atoms in total. The first kappa shape index (κ1) is 12.8. The Bertz CT molecular complexity index is 573. The first-order chi connectivity index (χ1) is 8.70. The molecule has 0 aliphatic carbocycles. The zero-order valence-corrected chi connectivity index (χ0v) is 11.5. The van der Waals surface area contributed by atoms with Crippen LogP contribution in [0.1, 0.15) is 6.42 Å². The predicted octanol–water partition coefficient (Wildman–Crippen LogP) is 1.94. The van der Waals surface area contributed by atoms with Gasteiger partial charge in [0.1, 0.15) is 5.52 Å². The van der Waals surface area contributed by atoms with E-state index in [0.717, 1.165) is 21.2 Å². The van der Waals surface area contributed by atoms with Crippen LogP contribution < -0.4 is 10.6 Å². The summed E-state index contributed by atoms with van der Waals surface area (Å²) in [6.45, 7) is 0.566. The molecular formula is C12H13BrN4O. The minimum atomic E-state index is 0.0107. The molecule has 0 saturated carbocycles. The molecule has 94 valence electrons. The number of carbonyl (C=O) groups is 1. The fourth-order valence-electron chi connectivity index (χ4n) is 1.58. The number of anilines is 1. The largest absolute Gasteiger partial charge is 0.383 e. The Morgan fingerprint density at radius 2 is 2.28 bits per heavy atom. The van der Waals surface area contributed by atoms with Crippen molar-refractivity contribution >= 4 is 38.6 Å². The summed E-state index contributed by atoms with van der Waals surface area (Å²) in [5.74, 6) is 0.0107. The Kier molecular flexibility index (Phi) is 4.09. The second kappa shape index (κ2) is 5.77. The second-order valence-electron chi connectivity index (χ2n) is 3.73. The standard InChI is InChI=1S/C12H13BrN4O/c1-14-11(18)3-5-15-9-2-4-16-10-6-8(13)7-17-12(9)10/h2,4,6-7H,3,5H2,1H3,(H,14,18)(H,15,16). The number of nitrogens with zero attached hydrogens (tertiary/aromatic N) is 2. The third-order valence-corrected chi connectivity index (χ3v) is 2.92. The number of nitrogens with one attached hydrogen (secondary N) is 2. The van der Waals surface area contributed by atoms with Gasteiger partial charge in [-0.15, -0.1) is 0 Å². The summed E-state index contributed by atoms with van der Waals surface area (Å²) in [5.41, 5.74) is 2.50. The van der Waals surface area contributed by atoms with E-state index in [1.54, 1.807) is 19.4 Å². The minimum absolute atomic E-state index is 0.0107. The predicted molar refractivity (Wildman–Crippen MR) is 74.4 cm³/mol. The van der Waals surface area contributed by atoms with Gasteiger partial charge >= 0.3 is 0 Å². The molecule has 1 amide bonds. The molecular weight excluding hydrogens is 296 g/mol. The van der Waals surface area contributed by atoms with Gasteiger partial charge in [0.05, 0.1) is 11.2 Å². The number of amides is 1. The van der Waals surface area contributed by atoms with Gasteiger partial charge < -0.3 is 10.6 Å². The number of pyridine rings is 2. The van der Waals surface area contributed by atoms with Crippen LogP contribution in [0.4, 0.5) is 5.69 Å². The number of rotatable bonds is 4. The lowest BCUT2D eigenvalue weighted by atomic mass is 10.2. The van der Waals surface area contributed by atoms with Crippen molar-refractivity contribution < 1.29 is 4.79 Å². The SMILES string of the molecule is CNC(=O)CCNc1ccnc2cc(Br)cnc12. The van der Waals surface area contributed by atoms with E-state index in [-0.39, 0.29) is 5.91 Å². The Balaban J connectivity index is 2.15. The highest BCUT2D eigenvalue weighted by Gasteiger charge is 2.04. The van der Waals surface area contributed by atoms with Crippen molar-refractivity contribution in [2.24, 2.45) is 0 Å². The molecule has 0 aromatic carbocycles. The molecule has 0 fully saturated rings. The molecule has 0 atom stereocenters. The van der Waals surface area contributed by atoms with Crippen LogP contribution in [0.2, 0.25) is 0 Å². The van der Waals surface area contributed by atoms with Crippen molar-refractivity contribution in [1.82, 2.24) is 15.3 Å². The fraction of sp³-hybridized carbons (Fsp3) is 0.250. The van der Waals surface area contributed by atoms with Gasteiger partial charge in [-0.2, -0.15) is 0 Å². The zero-order valence-electron chi connectivity index (χ0n) is 9.90. The number of hydrogen-bond donors (Lipinski definition) is 2. The number of hydrogen-bond acceptors (Lipinski definition) is 4. The monoisotopic (exact) mass is 308 g/mol. The van der Waals surface area contributed by atoms with E-state index in [0.29, 0.717) is 13.0 Å². The lowest BCUT2D eigenvalue weighted by Gasteiger charge is -2.08. The third-order valence-electron chi connectivity index (χ3n) is 2.49. The van der Waals surface area contributed by atoms with Crippen molar-refractivity contribution in [2.45, 2.75) is 6.42 Å². The first-order valence-electron chi connectivity index (χ1n) is 5.55. The normalized spacial score (nSPS) is 10.3. The summed E-state index contributed by atoms with van der Waals surface area (Å²) < 4.78 is 0.894. The van der Waals surface area contributed by atoms with Gasteiger partial charge in [0.25, 0.3) is 0 Å². The molecule has 6 heteroatoms. The van der Waals surface area contributed by atoms with Crippen LogP contribution in [0.3, 0.4) is 0 Å². The van der Waals surface area contributed by atoms with Crippen LogP contribution in [0.25, 0.3) is 11.0 Å². The molecule has 0 unspecified atom stereocenters. The number of aromatic nitrogens is 2. The van der Waals surface area contributed by atoms with E-state index in [2.05, 4.69) is 36.5 Å². The molecule has 0 spiro atoms.